The third-order valence-corrected chi connectivity index (χ3v) is 6.76. The fourth-order valence-corrected chi connectivity index (χ4v) is 4.59. The van der Waals surface area contributed by atoms with Gasteiger partial charge in [0.25, 0.3) is 5.91 Å². The molecule has 1 saturated carbocycles. The molecule has 4 atom stereocenters. The van der Waals surface area contributed by atoms with Crippen molar-refractivity contribution in [3.63, 3.8) is 0 Å². The second-order valence-electron chi connectivity index (χ2n) is 9.36. The van der Waals surface area contributed by atoms with Crippen LogP contribution in [0.1, 0.15) is 49.0 Å². The van der Waals surface area contributed by atoms with Gasteiger partial charge in [-0.05, 0) is 49.8 Å². The molecule has 1 aromatic carbocycles. The van der Waals surface area contributed by atoms with Crippen molar-refractivity contribution < 1.29 is 24.2 Å². The summed E-state index contributed by atoms with van der Waals surface area (Å²) in [5, 5.41) is 28.6. The maximum atomic E-state index is 13.2. The first kappa shape index (κ1) is 24.5. The largest absolute Gasteiger partial charge is 0.496 e. The summed E-state index contributed by atoms with van der Waals surface area (Å²) in [6, 6.07) is 7.14. The lowest BCUT2D eigenvalue weighted by Gasteiger charge is -2.29. The van der Waals surface area contributed by atoms with Crippen LogP contribution in [0.15, 0.2) is 24.3 Å². The van der Waals surface area contributed by atoms with Gasteiger partial charge < -0.3 is 30.8 Å². The van der Waals surface area contributed by atoms with E-state index in [1.165, 1.54) is 0 Å². The van der Waals surface area contributed by atoms with Crippen LogP contribution in [0.5, 0.6) is 5.75 Å². The van der Waals surface area contributed by atoms with Gasteiger partial charge in [0.1, 0.15) is 17.5 Å². The molecule has 10 nitrogen and oxygen atoms in total. The van der Waals surface area contributed by atoms with Crippen molar-refractivity contribution in [3.8, 4) is 11.8 Å². The van der Waals surface area contributed by atoms with E-state index in [0.717, 1.165) is 30.2 Å². The predicted octanol–water partition coefficient (Wildman–Crippen LogP) is 1.36. The average molecular weight is 482 g/mol. The summed E-state index contributed by atoms with van der Waals surface area (Å²) in [6.45, 7) is 0.599. The number of fused-ring (bicyclic) bond motifs is 1. The SMILES string of the molecule is COc1cccc2[nH]c(C(=O)N[C@@H](CC3CC3)C(=O)N[C@@H](C[C@@H]3CCCNC3=O)C(O)C#N)cc12. The fraction of sp³-hybridized carbons (Fsp3) is 0.520. The van der Waals surface area contributed by atoms with Crippen molar-refractivity contribution in [3.05, 3.63) is 30.0 Å². The third kappa shape index (κ3) is 5.92. The molecular weight excluding hydrogens is 450 g/mol. The molecule has 4 rings (SSSR count). The van der Waals surface area contributed by atoms with Crippen molar-refractivity contribution in [2.45, 2.75) is 56.7 Å². The molecule has 5 N–H and O–H groups in total. The number of piperidine rings is 1. The number of ether oxygens (including phenoxy) is 1. The Labute approximate surface area is 203 Å². The molecule has 1 unspecified atom stereocenters. The number of H-pyrrole nitrogens is 1. The minimum Gasteiger partial charge on any atom is -0.496 e. The number of amides is 3. The second-order valence-corrected chi connectivity index (χ2v) is 9.36. The van der Waals surface area contributed by atoms with E-state index in [-0.39, 0.29) is 12.3 Å². The van der Waals surface area contributed by atoms with Gasteiger partial charge in [-0.1, -0.05) is 18.9 Å². The number of benzene rings is 1. The Balaban J connectivity index is 1.47. The molecule has 3 amide bonds. The molecule has 2 aliphatic rings. The topological polar surface area (TPSA) is 156 Å². The highest BCUT2D eigenvalue weighted by Gasteiger charge is 2.35. The number of hydrogen-bond donors (Lipinski definition) is 5. The first-order chi connectivity index (χ1) is 16.9. The summed E-state index contributed by atoms with van der Waals surface area (Å²) < 4.78 is 5.35. The lowest BCUT2D eigenvalue weighted by molar-refractivity contribution is -0.129. The molecule has 2 heterocycles. The summed E-state index contributed by atoms with van der Waals surface area (Å²) in [4.78, 5) is 41.5. The summed E-state index contributed by atoms with van der Waals surface area (Å²) in [7, 11) is 1.56. The van der Waals surface area contributed by atoms with Crippen LogP contribution >= 0.6 is 0 Å². The van der Waals surface area contributed by atoms with E-state index in [1.807, 2.05) is 12.1 Å². The summed E-state index contributed by atoms with van der Waals surface area (Å²) in [5.41, 5.74) is 1.03. The van der Waals surface area contributed by atoms with Crippen LogP contribution in [0.2, 0.25) is 0 Å². The summed E-state index contributed by atoms with van der Waals surface area (Å²) >= 11 is 0. The van der Waals surface area contributed by atoms with Gasteiger partial charge in [-0.2, -0.15) is 5.26 Å². The molecule has 1 aromatic heterocycles. The highest BCUT2D eigenvalue weighted by atomic mass is 16.5. The predicted molar refractivity (Wildman–Crippen MR) is 127 cm³/mol. The smallest absolute Gasteiger partial charge is 0.268 e. The molecule has 0 bridgehead atoms. The van der Waals surface area contributed by atoms with Crippen LogP contribution in [0.4, 0.5) is 0 Å². The van der Waals surface area contributed by atoms with Gasteiger partial charge in [-0.25, -0.2) is 0 Å². The number of methoxy groups -OCH3 is 1. The minimum atomic E-state index is -1.47. The average Bonchev–Trinajstić information content (AvgIpc) is 3.57. The minimum absolute atomic E-state index is 0.141. The molecule has 1 aliphatic heterocycles. The Bertz CT molecular complexity index is 1130. The number of aromatic nitrogens is 1. The number of nitrogens with one attached hydrogen (secondary N) is 4. The summed E-state index contributed by atoms with van der Waals surface area (Å²) in [6.07, 6.45) is 2.54. The lowest BCUT2D eigenvalue weighted by Crippen LogP contribution is -2.53. The van der Waals surface area contributed by atoms with Crippen LogP contribution in [-0.4, -0.2) is 59.7 Å². The van der Waals surface area contributed by atoms with Crippen molar-refractivity contribution >= 4 is 28.6 Å². The Morgan fingerprint density at radius 2 is 2.06 bits per heavy atom. The zero-order valence-corrected chi connectivity index (χ0v) is 19.7. The number of nitrogens with zero attached hydrogens (tertiary/aromatic N) is 1. The van der Waals surface area contributed by atoms with Crippen LogP contribution in [0.25, 0.3) is 10.9 Å². The number of aliphatic hydroxyl groups is 1. The van der Waals surface area contributed by atoms with Gasteiger partial charge >= 0.3 is 0 Å². The molecule has 2 fully saturated rings. The van der Waals surface area contributed by atoms with E-state index < -0.39 is 35.9 Å². The third-order valence-electron chi connectivity index (χ3n) is 6.76. The fourth-order valence-electron chi connectivity index (χ4n) is 4.59. The Morgan fingerprint density at radius 1 is 1.26 bits per heavy atom. The monoisotopic (exact) mass is 481 g/mol. The molecule has 186 valence electrons. The number of carbonyl (C=O) groups is 3. The molecule has 2 aromatic rings. The van der Waals surface area contributed by atoms with E-state index in [0.29, 0.717) is 36.7 Å². The molecule has 35 heavy (non-hydrogen) atoms. The van der Waals surface area contributed by atoms with E-state index >= 15 is 0 Å². The lowest BCUT2D eigenvalue weighted by atomic mass is 9.89. The summed E-state index contributed by atoms with van der Waals surface area (Å²) in [5.74, 6) is -0.488. The van der Waals surface area contributed by atoms with Gasteiger partial charge in [0.2, 0.25) is 11.8 Å². The first-order valence-electron chi connectivity index (χ1n) is 12.0. The Hall–Kier alpha value is -3.58. The zero-order chi connectivity index (χ0) is 24.9. The molecule has 0 radical (unpaired) electrons. The Kier molecular flexibility index (Phi) is 7.56. The van der Waals surface area contributed by atoms with Gasteiger partial charge in [0, 0.05) is 23.4 Å². The standard InChI is InChI=1S/C25H31N5O5/c1-35-22-6-2-5-17-16(22)12-20(28-17)25(34)30-19(10-14-7-8-14)24(33)29-18(21(31)13-26)11-15-4-3-9-27-23(15)32/h2,5-6,12,14-15,18-19,21,28,31H,3-4,7-11H2,1H3,(H,27,32)(H,29,33)(H,30,34)/t15-,18-,19-,21?/m0/s1. The van der Waals surface area contributed by atoms with Crippen molar-refractivity contribution in [2.24, 2.45) is 11.8 Å². The maximum Gasteiger partial charge on any atom is 0.268 e. The number of hydrogen-bond acceptors (Lipinski definition) is 6. The Morgan fingerprint density at radius 3 is 2.74 bits per heavy atom. The second kappa shape index (κ2) is 10.8. The van der Waals surface area contributed by atoms with Crippen LogP contribution in [-0.2, 0) is 9.59 Å². The van der Waals surface area contributed by atoms with E-state index in [9.17, 15) is 24.8 Å². The quantitative estimate of drug-likeness (QED) is 0.323. The number of aromatic amines is 1. The van der Waals surface area contributed by atoms with E-state index in [4.69, 9.17) is 4.74 Å². The van der Waals surface area contributed by atoms with Crippen molar-refractivity contribution in [1.82, 2.24) is 20.9 Å². The van der Waals surface area contributed by atoms with Gasteiger partial charge in [-0.3, -0.25) is 14.4 Å². The van der Waals surface area contributed by atoms with Crippen LogP contribution in [0, 0.1) is 23.2 Å². The number of aliphatic hydroxyl groups excluding tert-OH is 1. The number of carbonyl (C=O) groups excluding carboxylic acids is 3. The van der Waals surface area contributed by atoms with Crippen molar-refractivity contribution in [2.75, 3.05) is 13.7 Å². The first-order valence-corrected chi connectivity index (χ1v) is 12.0. The zero-order valence-electron chi connectivity index (χ0n) is 19.7. The van der Waals surface area contributed by atoms with E-state index in [1.54, 1.807) is 25.3 Å². The highest BCUT2D eigenvalue weighted by Crippen LogP contribution is 2.34. The van der Waals surface area contributed by atoms with Crippen molar-refractivity contribution in [1.29, 1.82) is 5.26 Å². The number of nitriles is 1. The van der Waals surface area contributed by atoms with E-state index in [2.05, 4.69) is 20.9 Å². The van der Waals surface area contributed by atoms with Gasteiger partial charge in [-0.15, -0.1) is 0 Å². The molecule has 1 aliphatic carbocycles. The molecule has 0 spiro atoms. The van der Waals surface area contributed by atoms with Gasteiger partial charge in [0.05, 0.1) is 19.2 Å². The van der Waals surface area contributed by atoms with Gasteiger partial charge in [0.15, 0.2) is 6.10 Å². The normalized spacial score (nSPS) is 20.3. The van der Waals surface area contributed by atoms with Crippen LogP contribution < -0.4 is 20.7 Å². The number of rotatable bonds is 10. The highest BCUT2D eigenvalue weighted by molar-refractivity contribution is 6.01. The maximum absolute atomic E-state index is 13.2. The molecule has 10 heteroatoms. The molecular formula is C25H31N5O5. The van der Waals surface area contributed by atoms with Crippen LogP contribution in [0.3, 0.4) is 0 Å². The molecule has 1 saturated heterocycles.